The van der Waals surface area contributed by atoms with Crippen molar-refractivity contribution in [2.75, 3.05) is 7.11 Å². The summed E-state index contributed by atoms with van der Waals surface area (Å²) < 4.78 is 21.6. The Morgan fingerprint density at radius 2 is 2.15 bits per heavy atom. The highest BCUT2D eigenvalue weighted by Gasteiger charge is 2.25. The summed E-state index contributed by atoms with van der Waals surface area (Å²) in [6.45, 7) is 7.96. The number of hydrogen-bond donors (Lipinski definition) is 2. The molecule has 6 nitrogen and oxygen atoms in total. The second kappa shape index (κ2) is 7.92. The topological polar surface area (TPSA) is 67.8 Å². The first-order valence-electron chi connectivity index (χ1n) is 8.93. The first-order valence-corrected chi connectivity index (χ1v) is 8.93. The second-order valence-corrected chi connectivity index (χ2v) is 7.68. The van der Waals surface area contributed by atoms with E-state index in [1.807, 2.05) is 12.5 Å². The van der Waals surface area contributed by atoms with Crippen molar-refractivity contribution in [3.05, 3.63) is 54.5 Å². The number of nitrogens with zero attached hydrogens (tertiary/aromatic N) is 3. The van der Waals surface area contributed by atoms with Gasteiger partial charge >= 0.3 is 0 Å². The minimum atomic E-state index is -0.342. The lowest BCUT2D eigenvalue weighted by Crippen LogP contribution is -2.43. The fourth-order valence-corrected chi connectivity index (χ4v) is 2.99. The lowest BCUT2D eigenvalue weighted by Gasteiger charge is -2.32. The van der Waals surface area contributed by atoms with Gasteiger partial charge in [-0.15, -0.1) is 0 Å². The molecule has 0 amide bonds. The number of imidazole rings is 1. The Labute approximate surface area is 158 Å². The Balaban J connectivity index is 1.77. The van der Waals surface area contributed by atoms with Gasteiger partial charge in [-0.1, -0.05) is 20.8 Å². The number of nitrogens with one attached hydrogen (secondary N) is 2. The molecule has 3 rings (SSSR count). The molecular formula is C20H26FN5O. The van der Waals surface area contributed by atoms with Gasteiger partial charge in [0.2, 0.25) is 0 Å². The Bertz CT molecular complexity index is 867. The standard InChI is InChI=1S/C20H26FN5O/c1-20(2,3)18(12-26-8-7-22-13-26)23-10-14-11-24-25-19(14)16-6-5-15(27-4)9-17(16)21/h5-9,11,13,18,23H,10,12H2,1-4H3,(H,24,25)/t18-/m0/s1. The summed E-state index contributed by atoms with van der Waals surface area (Å²) in [5, 5.41) is 10.6. The third kappa shape index (κ3) is 4.54. The van der Waals surface area contributed by atoms with Gasteiger partial charge in [-0.3, -0.25) is 5.10 Å². The molecule has 7 heteroatoms. The van der Waals surface area contributed by atoms with Crippen LogP contribution in [0.2, 0.25) is 0 Å². The average Bonchev–Trinajstić information content (AvgIpc) is 3.29. The summed E-state index contributed by atoms with van der Waals surface area (Å²) in [7, 11) is 1.52. The van der Waals surface area contributed by atoms with E-state index in [-0.39, 0.29) is 17.3 Å². The second-order valence-electron chi connectivity index (χ2n) is 7.68. The number of ether oxygens (including phenoxy) is 1. The van der Waals surface area contributed by atoms with Crippen molar-refractivity contribution in [2.45, 2.75) is 39.9 Å². The minimum absolute atomic E-state index is 0.0412. The molecule has 2 aromatic heterocycles. The highest BCUT2D eigenvalue weighted by molar-refractivity contribution is 5.64. The predicted molar refractivity (Wildman–Crippen MR) is 103 cm³/mol. The van der Waals surface area contributed by atoms with Crippen molar-refractivity contribution in [1.82, 2.24) is 25.1 Å². The van der Waals surface area contributed by atoms with Crippen LogP contribution in [0.15, 0.2) is 43.1 Å². The van der Waals surface area contributed by atoms with Crippen molar-refractivity contribution in [1.29, 1.82) is 0 Å². The monoisotopic (exact) mass is 371 g/mol. The predicted octanol–water partition coefficient (Wildman–Crippen LogP) is 3.63. The number of aromatic nitrogens is 4. The van der Waals surface area contributed by atoms with Crippen LogP contribution in [0.3, 0.4) is 0 Å². The average molecular weight is 371 g/mol. The van der Waals surface area contributed by atoms with Crippen molar-refractivity contribution in [2.24, 2.45) is 5.41 Å². The first-order chi connectivity index (χ1) is 12.9. The van der Waals surface area contributed by atoms with Gasteiger partial charge in [0.05, 0.1) is 25.3 Å². The van der Waals surface area contributed by atoms with Crippen LogP contribution in [-0.2, 0) is 13.1 Å². The molecule has 0 aliphatic heterocycles. The van der Waals surface area contributed by atoms with Gasteiger partial charge in [0.15, 0.2) is 0 Å². The number of benzene rings is 1. The lowest BCUT2D eigenvalue weighted by atomic mass is 9.86. The Morgan fingerprint density at radius 3 is 2.78 bits per heavy atom. The zero-order valence-electron chi connectivity index (χ0n) is 16.2. The Morgan fingerprint density at radius 1 is 1.33 bits per heavy atom. The molecule has 144 valence electrons. The largest absolute Gasteiger partial charge is 0.497 e. The number of hydrogen-bond acceptors (Lipinski definition) is 4. The zero-order chi connectivity index (χ0) is 19.4. The molecule has 1 aromatic carbocycles. The molecule has 1 atom stereocenters. The maximum atomic E-state index is 14.5. The molecular weight excluding hydrogens is 345 g/mol. The summed E-state index contributed by atoms with van der Waals surface area (Å²) in [6.07, 6.45) is 7.29. The van der Waals surface area contributed by atoms with E-state index >= 15 is 0 Å². The molecule has 27 heavy (non-hydrogen) atoms. The van der Waals surface area contributed by atoms with Crippen molar-refractivity contribution < 1.29 is 9.13 Å². The van der Waals surface area contributed by atoms with Crippen LogP contribution < -0.4 is 10.1 Å². The van der Waals surface area contributed by atoms with Gasteiger partial charge in [-0.25, -0.2) is 9.37 Å². The highest BCUT2D eigenvalue weighted by atomic mass is 19.1. The molecule has 0 saturated carbocycles. The van der Waals surface area contributed by atoms with Crippen LogP contribution in [-0.4, -0.2) is 32.9 Å². The minimum Gasteiger partial charge on any atom is -0.497 e. The number of halogens is 1. The van der Waals surface area contributed by atoms with E-state index in [0.29, 0.717) is 23.6 Å². The van der Waals surface area contributed by atoms with Gasteiger partial charge in [0.1, 0.15) is 11.6 Å². The van der Waals surface area contributed by atoms with Crippen LogP contribution in [0.5, 0.6) is 5.75 Å². The maximum Gasteiger partial charge on any atom is 0.136 e. The molecule has 0 aliphatic carbocycles. The fourth-order valence-electron chi connectivity index (χ4n) is 2.99. The van der Waals surface area contributed by atoms with Crippen molar-refractivity contribution in [3.8, 4) is 17.0 Å². The van der Waals surface area contributed by atoms with Gasteiger partial charge in [0, 0.05) is 48.7 Å². The molecule has 0 bridgehead atoms. The zero-order valence-corrected chi connectivity index (χ0v) is 16.2. The molecule has 0 saturated heterocycles. The van der Waals surface area contributed by atoms with E-state index in [2.05, 4.69) is 45.8 Å². The summed E-state index contributed by atoms with van der Waals surface area (Å²) >= 11 is 0. The Kier molecular flexibility index (Phi) is 5.60. The molecule has 3 aromatic rings. The van der Waals surface area contributed by atoms with Gasteiger partial charge in [0.25, 0.3) is 0 Å². The quantitative estimate of drug-likeness (QED) is 0.666. The third-order valence-electron chi connectivity index (χ3n) is 4.70. The summed E-state index contributed by atoms with van der Waals surface area (Å²) in [5.74, 6) is 0.147. The fraction of sp³-hybridized carbons (Fsp3) is 0.400. The van der Waals surface area contributed by atoms with Gasteiger partial charge in [-0.05, 0) is 17.5 Å². The molecule has 0 aliphatic rings. The molecule has 2 N–H and O–H groups in total. The lowest BCUT2D eigenvalue weighted by molar-refractivity contribution is 0.240. The van der Waals surface area contributed by atoms with E-state index in [1.165, 1.54) is 13.2 Å². The van der Waals surface area contributed by atoms with Gasteiger partial charge < -0.3 is 14.6 Å². The number of methoxy groups -OCH3 is 1. The number of H-pyrrole nitrogens is 1. The summed E-state index contributed by atoms with van der Waals surface area (Å²) in [5.41, 5.74) is 2.11. The molecule has 2 heterocycles. The van der Waals surface area contributed by atoms with Crippen LogP contribution in [0.1, 0.15) is 26.3 Å². The van der Waals surface area contributed by atoms with Crippen LogP contribution in [0.25, 0.3) is 11.3 Å². The van der Waals surface area contributed by atoms with E-state index in [0.717, 1.165) is 12.1 Å². The third-order valence-corrected chi connectivity index (χ3v) is 4.70. The summed E-state index contributed by atoms with van der Waals surface area (Å²) in [6, 6.07) is 5.03. The Hall–Kier alpha value is -2.67. The van der Waals surface area contributed by atoms with E-state index in [1.54, 1.807) is 24.5 Å². The molecule has 0 fully saturated rings. The van der Waals surface area contributed by atoms with Crippen LogP contribution in [0.4, 0.5) is 4.39 Å². The highest BCUT2D eigenvalue weighted by Crippen LogP contribution is 2.28. The molecule has 0 spiro atoms. The molecule has 0 radical (unpaired) electrons. The van der Waals surface area contributed by atoms with Gasteiger partial charge in [-0.2, -0.15) is 5.10 Å². The van der Waals surface area contributed by atoms with E-state index < -0.39 is 0 Å². The number of aromatic amines is 1. The van der Waals surface area contributed by atoms with E-state index in [9.17, 15) is 4.39 Å². The van der Waals surface area contributed by atoms with Crippen molar-refractivity contribution in [3.63, 3.8) is 0 Å². The smallest absolute Gasteiger partial charge is 0.136 e. The normalized spacial score (nSPS) is 12.9. The number of rotatable bonds is 7. The molecule has 0 unspecified atom stereocenters. The summed E-state index contributed by atoms with van der Waals surface area (Å²) in [4.78, 5) is 4.11. The first kappa shape index (κ1) is 19.1. The van der Waals surface area contributed by atoms with Crippen molar-refractivity contribution >= 4 is 0 Å². The van der Waals surface area contributed by atoms with Crippen LogP contribution >= 0.6 is 0 Å². The van der Waals surface area contributed by atoms with Crippen LogP contribution in [0, 0.1) is 11.2 Å². The SMILES string of the molecule is COc1ccc(-c2[nH]ncc2CN[C@@H](Cn2ccnc2)C(C)(C)C)c(F)c1. The van der Waals surface area contributed by atoms with E-state index in [4.69, 9.17) is 4.74 Å². The maximum absolute atomic E-state index is 14.5.